The van der Waals surface area contributed by atoms with Gasteiger partial charge in [0.1, 0.15) is 5.01 Å². The summed E-state index contributed by atoms with van der Waals surface area (Å²) in [5.41, 5.74) is 0.976. The molecule has 7 nitrogen and oxygen atoms in total. The van der Waals surface area contributed by atoms with E-state index in [2.05, 4.69) is 14.7 Å². The molecular weight excluding hydrogens is 298 g/mol. The molecule has 2 aromatic heterocycles. The lowest BCUT2D eigenvalue weighted by Crippen LogP contribution is -2.46. The van der Waals surface area contributed by atoms with Crippen LogP contribution in [0.3, 0.4) is 0 Å². The quantitative estimate of drug-likeness (QED) is 0.887. The van der Waals surface area contributed by atoms with Gasteiger partial charge in [-0.1, -0.05) is 0 Å². The Morgan fingerprint density at radius 3 is 2.85 bits per heavy atom. The highest BCUT2D eigenvalue weighted by molar-refractivity contribution is 7.87. The maximum absolute atomic E-state index is 11.8. The first kappa shape index (κ1) is 13.7. The number of hydrogen-bond donors (Lipinski definition) is 1. The highest BCUT2D eigenvalue weighted by Crippen LogP contribution is 2.31. The molecule has 1 fully saturated rings. The summed E-state index contributed by atoms with van der Waals surface area (Å²) < 4.78 is 29.6. The number of nitrogens with zero attached hydrogens (tertiary/aromatic N) is 4. The fourth-order valence-corrected chi connectivity index (χ4v) is 4.34. The van der Waals surface area contributed by atoms with E-state index >= 15 is 0 Å². The molecule has 9 heteroatoms. The lowest BCUT2D eigenvalue weighted by Gasteiger charge is -2.28. The van der Waals surface area contributed by atoms with E-state index in [1.54, 1.807) is 25.8 Å². The molecule has 2 aromatic rings. The van der Waals surface area contributed by atoms with Gasteiger partial charge in [0.05, 0.1) is 29.1 Å². The predicted molar refractivity (Wildman–Crippen MR) is 76.4 cm³/mol. The van der Waals surface area contributed by atoms with Crippen LogP contribution in [-0.4, -0.2) is 40.9 Å². The third kappa shape index (κ3) is 2.37. The molecule has 0 aromatic carbocycles. The van der Waals surface area contributed by atoms with Crippen molar-refractivity contribution >= 4 is 21.5 Å². The number of thiazole rings is 1. The van der Waals surface area contributed by atoms with Gasteiger partial charge in [-0.2, -0.15) is 17.4 Å². The van der Waals surface area contributed by atoms with E-state index in [1.165, 1.54) is 15.6 Å². The van der Waals surface area contributed by atoms with Crippen LogP contribution >= 0.6 is 11.3 Å². The van der Waals surface area contributed by atoms with Crippen LogP contribution in [0.15, 0.2) is 18.7 Å². The van der Waals surface area contributed by atoms with Crippen molar-refractivity contribution in [3.63, 3.8) is 0 Å². The Balaban J connectivity index is 1.86. The summed E-state index contributed by atoms with van der Waals surface area (Å²) >= 11 is 1.50. The molecule has 1 N–H and O–H groups in total. The van der Waals surface area contributed by atoms with Gasteiger partial charge in [-0.05, 0) is 6.42 Å². The fourth-order valence-electron chi connectivity index (χ4n) is 2.10. The SMILES string of the molecule is CN1CC[C@@H](c2ncc(-c3cncn3C)s2)NS1(=O)=O. The number of hydrogen-bond acceptors (Lipinski definition) is 5. The lowest BCUT2D eigenvalue weighted by atomic mass is 10.2. The first-order chi connectivity index (χ1) is 9.47. The van der Waals surface area contributed by atoms with Crippen LogP contribution in [0.2, 0.25) is 0 Å². The monoisotopic (exact) mass is 313 g/mol. The molecule has 3 heterocycles. The summed E-state index contributed by atoms with van der Waals surface area (Å²) in [6.45, 7) is 0.501. The normalized spacial score (nSPS) is 23.0. The van der Waals surface area contributed by atoms with E-state index in [0.717, 1.165) is 15.6 Å². The van der Waals surface area contributed by atoms with Gasteiger partial charge in [0, 0.05) is 26.8 Å². The van der Waals surface area contributed by atoms with Crippen LogP contribution in [0, 0.1) is 0 Å². The second-order valence-corrected chi connectivity index (χ2v) is 7.61. The van der Waals surface area contributed by atoms with E-state index in [9.17, 15) is 8.42 Å². The molecule has 3 rings (SSSR count). The third-order valence-corrected chi connectivity index (χ3v) is 6.04. The number of imidazole rings is 1. The average Bonchev–Trinajstić information content (AvgIpc) is 3.01. The Hall–Kier alpha value is -1.29. The van der Waals surface area contributed by atoms with Gasteiger partial charge in [-0.15, -0.1) is 11.3 Å². The minimum atomic E-state index is -3.38. The summed E-state index contributed by atoms with van der Waals surface area (Å²) in [5.74, 6) is 0. The van der Waals surface area contributed by atoms with Crippen LogP contribution in [0.5, 0.6) is 0 Å². The minimum absolute atomic E-state index is 0.247. The van der Waals surface area contributed by atoms with Crippen LogP contribution in [0.1, 0.15) is 17.5 Å². The first-order valence-corrected chi connectivity index (χ1v) is 8.39. The molecule has 1 aliphatic heterocycles. The van der Waals surface area contributed by atoms with Crippen LogP contribution in [0.25, 0.3) is 10.6 Å². The summed E-state index contributed by atoms with van der Waals surface area (Å²) in [4.78, 5) is 9.42. The van der Waals surface area contributed by atoms with Crippen LogP contribution in [-0.2, 0) is 17.3 Å². The van der Waals surface area contributed by atoms with Crippen molar-refractivity contribution in [3.8, 4) is 10.6 Å². The number of aryl methyl sites for hydroxylation is 1. The Kier molecular flexibility index (Phi) is 3.36. The van der Waals surface area contributed by atoms with Crippen LogP contribution < -0.4 is 4.72 Å². The predicted octanol–water partition coefficient (Wildman–Crippen LogP) is 0.755. The topological polar surface area (TPSA) is 80.1 Å². The first-order valence-electron chi connectivity index (χ1n) is 6.13. The zero-order valence-corrected chi connectivity index (χ0v) is 12.8. The van der Waals surface area contributed by atoms with Crippen LogP contribution in [0.4, 0.5) is 0 Å². The third-order valence-electron chi connectivity index (χ3n) is 3.32. The van der Waals surface area contributed by atoms with E-state index in [-0.39, 0.29) is 6.04 Å². The fraction of sp³-hybridized carbons (Fsp3) is 0.455. The van der Waals surface area contributed by atoms with Gasteiger partial charge in [0.15, 0.2) is 0 Å². The molecule has 108 valence electrons. The van der Waals surface area contributed by atoms with E-state index < -0.39 is 10.2 Å². The molecule has 0 aliphatic carbocycles. The summed E-state index contributed by atoms with van der Waals surface area (Å²) in [7, 11) is 0.109. The standard InChI is InChI=1S/C11H15N5O2S2/c1-15-7-12-5-9(15)10-6-13-11(19-10)8-3-4-16(2)20(17,18)14-8/h5-8,14H,3-4H2,1-2H3/t8-/m0/s1. The Morgan fingerprint density at radius 2 is 2.20 bits per heavy atom. The largest absolute Gasteiger partial charge is 0.333 e. The molecule has 0 amide bonds. The molecule has 1 aliphatic rings. The van der Waals surface area contributed by atoms with Crippen molar-refractivity contribution in [2.24, 2.45) is 7.05 Å². The highest BCUT2D eigenvalue weighted by atomic mass is 32.2. The molecule has 0 saturated carbocycles. The minimum Gasteiger partial charge on any atom is -0.333 e. The Bertz CT molecular complexity index is 721. The Morgan fingerprint density at radius 1 is 1.40 bits per heavy atom. The van der Waals surface area contributed by atoms with Gasteiger partial charge < -0.3 is 4.57 Å². The van der Waals surface area contributed by atoms with Crippen molar-refractivity contribution in [2.45, 2.75) is 12.5 Å². The molecule has 20 heavy (non-hydrogen) atoms. The van der Waals surface area contributed by atoms with Crippen molar-refractivity contribution in [2.75, 3.05) is 13.6 Å². The molecule has 1 atom stereocenters. The molecule has 0 radical (unpaired) electrons. The summed E-state index contributed by atoms with van der Waals surface area (Å²) in [5, 5.41) is 0.790. The second kappa shape index (κ2) is 4.92. The van der Waals surface area contributed by atoms with Gasteiger partial charge in [0.2, 0.25) is 0 Å². The molecular formula is C11H15N5O2S2. The van der Waals surface area contributed by atoms with E-state index in [4.69, 9.17) is 0 Å². The second-order valence-electron chi connectivity index (χ2n) is 4.74. The highest BCUT2D eigenvalue weighted by Gasteiger charge is 2.31. The van der Waals surface area contributed by atoms with Crippen molar-refractivity contribution in [1.29, 1.82) is 0 Å². The lowest BCUT2D eigenvalue weighted by molar-refractivity contribution is 0.381. The van der Waals surface area contributed by atoms with Gasteiger partial charge in [-0.3, -0.25) is 0 Å². The molecule has 0 unspecified atom stereocenters. The van der Waals surface area contributed by atoms with Crippen molar-refractivity contribution < 1.29 is 8.42 Å². The maximum Gasteiger partial charge on any atom is 0.279 e. The zero-order valence-electron chi connectivity index (χ0n) is 11.1. The number of rotatable bonds is 2. The van der Waals surface area contributed by atoms with E-state index in [0.29, 0.717) is 13.0 Å². The zero-order chi connectivity index (χ0) is 14.3. The van der Waals surface area contributed by atoms with Gasteiger partial charge in [-0.25, -0.2) is 9.97 Å². The summed E-state index contributed by atoms with van der Waals surface area (Å²) in [6, 6.07) is -0.247. The van der Waals surface area contributed by atoms with Gasteiger partial charge in [0.25, 0.3) is 10.2 Å². The average molecular weight is 313 g/mol. The maximum atomic E-state index is 11.8. The number of nitrogens with one attached hydrogen (secondary N) is 1. The molecule has 0 spiro atoms. The smallest absolute Gasteiger partial charge is 0.279 e. The van der Waals surface area contributed by atoms with E-state index in [1.807, 2.05) is 11.6 Å². The Labute approximate surface area is 121 Å². The van der Waals surface area contributed by atoms with Gasteiger partial charge >= 0.3 is 0 Å². The van der Waals surface area contributed by atoms with Crippen molar-refractivity contribution in [3.05, 3.63) is 23.7 Å². The molecule has 1 saturated heterocycles. The molecule has 0 bridgehead atoms. The summed E-state index contributed by atoms with van der Waals surface area (Å²) in [6.07, 6.45) is 5.99. The number of aromatic nitrogens is 3. The van der Waals surface area contributed by atoms with Crippen molar-refractivity contribution in [1.82, 2.24) is 23.6 Å².